The van der Waals surface area contributed by atoms with E-state index < -0.39 is 11.3 Å². The van der Waals surface area contributed by atoms with Gasteiger partial charge in [0.25, 0.3) is 12.1 Å². The Bertz CT molecular complexity index is 377. The monoisotopic (exact) mass is 201 g/mol. The lowest BCUT2D eigenvalue weighted by atomic mass is 10.0. The summed E-state index contributed by atoms with van der Waals surface area (Å²) in [6.07, 6.45) is -2.59. The summed E-state index contributed by atoms with van der Waals surface area (Å²) in [5.41, 5.74) is 0.321. The second-order valence-electron chi connectivity index (χ2n) is 2.98. The number of rotatable bonds is 2. The molecule has 0 saturated carbocycles. The number of nitro groups is 1. The molecule has 0 heterocycles. The molecule has 0 unspecified atom stereocenters. The van der Waals surface area contributed by atoms with E-state index in [1.807, 2.05) is 0 Å². The Kier molecular flexibility index (Phi) is 2.78. The maximum absolute atomic E-state index is 12.4. The fourth-order valence-electron chi connectivity index (χ4n) is 1.26. The lowest BCUT2D eigenvalue weighted by molar-refractivity contribution is -0.385. The topological polar surface area (TPSA) is 43.1 Å². The van der Waals surface area contributed by atoms with Gasteiger partial charge in [0.15, 0.2) is 0 Å². The molecular formula is C9H9F2NO2. The SMILES string of the molecule is Cc1c(C(F)F)ccc([N+](=O)[O-])c1C. The summed E-state index contributed by atoms with van der Waals surface area (Å²) in [7, 11) is 0. The molecule has 76 valence electrons. The van der Waals surface area contributed by atoms with Crippen molar-refractivity contribution < 1.29 is 13.7 Å². The van der Waals surface area contributed by atoms with Crippen LogP contribution in [0.5, 0.6) is 0 Å². The molecule has 0 aromatic heterocycles. The van der Waals surface area contributed by atoms with Gasteiger partial charge in [-0.1, -0.05) is 0 Å². The van der Waals surface area contributed by atoms with Gasteiger partial charge in [-0.15, -0.1) is 0 Å². The van der Waals surface area contributed by atoms with Crippen LogP contribution in [0.1, 0.15) is 23.1 Å². The van der Waals surface area contributed by atoms with E-state index in [2.05, 4.69) is 0 Å². The fraction of sp³-hybridized carbons (Fsp3) is 0.333. The largest absolute Gasteiger partial charge is 0.272 e. The van der Waals surface area contributed by atoms with Crippen LogP contribution in [0, 0.1) is 24.0 Å². The van der Waals surface area contributed by atoms with Gasteiger partial charge in [0, 0.05) is 17.2 Å². The van der Waals surface area contributed by atoms with E-state index in [9.17, 15) is 18.9 Å². The van der Waals surface area contributed by atoms with Crippen LogP contribution in [0.4, 0.5) is 14.5 Å². The first-order chi connectivity index (χ1) is 6.45. The van der Waals surface area contributed by atoms with Gasteiger partial charge >= 0.3 is 0 Å². The van der Waals surface area contributed by atoms with Crippen LogP contribution in [0.25, 0.3) is 0 Å². The van der Waals surface area contributed by atoms with E-state index >= 15 is 0 Å². The summed E-state index contributed by atoms with van der Waals surface area (Å²) in [5.74, 6) is 0. The molecule has 1 aromatic rings. The summed E-state index contributed by atoms with van der Waals surface area (Å²) in [5, 5.41) is 10.5. The van der Waals surface area contributed by atoms with Crippen molar-refractivity contribution in [2.75, 3.05) is 0 Å². The van der Waals surface area contributed by atoms with Gasteiger partial charge in [-0.05, 0) is 25.5 Å². The van der Waals surface area contributed by atoms with E-state index in [1.165, 1.54) is 13.8 Å². The predicted octanol–water partition coefficient (Wildman–Crippen LogP) is 3.15. The van der Waals surface area contributed by atoms with Gasteiger partial charge in [0.2, 0.25) is 0 Å². The van der Waals surface area contributed by atoms with E-state index in [0.717, 1.165) is 12.1 Å². The molecule has 3 nitrogen and oxygen atoms in total. The second-order valence-corrected chi connectivity index (χ2v) is 2.98. The van der Waals surface area contributed by atoms with Crippen molar-refractivity contribution in [1.82, 2.24) is 0 Å². The van der Waals surface area contributed by atoms with Crippen LogP contribution in [-0.4, -0.2) is 4.92 Å². The molecule has 1 rings (SSSR count). The Hall–Kier alpha value is -1.52. The second kappa shape index (κ2) is 3.69. The molecular weight excluding hydrogens is 192 g/mol. The minimum absolute atomic E-state index is 0.119. The molecule has 0 bridgehead atoms. The van der Waals surface area contributed by atoms with Gasteiger partial charge < -0.3 is 0 Å². The van der Waals surface area contributed by atoms with Crippen LogP contribution in [-0.2, 0) is 0 Å². The molecule has 0 fully saturated rings. The summed E-state index contributed by atoms with van der Waals surface area (Å²) in [4.78, 5) is 9.90. The summed E-state index contributed by atoms with van der Waals surface area (Å²) < 4.78 is 24.7. The van der Waals surface area contributed by atoms with Crippen LogP contribution in [0.15, 0.2) is 12.1 Å². The third-order valence-electron chi connectivity index (χ3n) is 2.23. The van der Waals surface area contributed by atoms with Crippen LogP contribution in [0.3, 0.4) is 0 Å². The molecule has 0 aliphatic rings. The molecule has 0 amide bonds. The van der Waals surface area contributed by atoms with Crippen molar-refractivity contribution in [1.29, 1.82) is 0 Å². The smallest absolute Gasteiger partial charge is 0.258 e. The minimum atomic E-state index is -2.59. The zero-order chi connectivity index (χ0) is 10.9. The van der Waals surface area contributed by atoms with Gasteiger partial charge in [0.1, 0.15) is 0 Å². The molecule has 0 radical (unpaired) electrons. The molecule has 0 N–H and O–H groups in total. The van der Waals surface area contributed by atoms with Crippen LogP contribution in [0.2, 0.25) is 0 Å². The fourth-order valence-corrected chi connectivity index (χ4v) is 1.26. The maximum atomic E-state index is 12.4. The third kappa shape index (κ3) is 1.71. The highest BCUT2D eigenvalue weighted by molar-refractivity contribution is 5.48. The van der Waals surface area contributed by atoms with Crippen molar-refractivity contribution in [3.63, 3.8) is 0 Å². The molecule has 14 heavy (non-hydrogen) atoms. The lowest BCUT2D eigenvalue weighted by Gasteiger charge is -2.07. The number of alkyl halides is 2. The van der Waals surface area contributed by atoms with Crippen LogP contribution >= 0.6 is 0 Å². The van der Waals surface area contributed by atoms with Crippen molar-refractivity contribution in [2.45, 2.75) is 20.3 Å². The summed E-state index contributed by atoms with van der Waals surface area (Å²) in [6.45, 7) is 2.93. The molecule has 0 aliphatic heterocycles. The first kappa shape index (κ1) is 10.6. The first-order valence-corrected chi connectivity index (χ1v) is 3.97. The number of hydrogen-bond donors (Lipinski definition) is 0. The molecule has 0 saturated heterocycles. The zero-order valence-electron chi connectivity index (χ0n) is 7.75. The van der Waals surface area contributed by atoms with Crippen molar-refractivity contribution >= 4 is 5.69 Å². The summed E-state index contributed by atoms with van der Waals surface area (Å²) >= 11 is 0. The number of hydrogen-bond acceptors (Lipinski definition) is 2. The van der Waals surface area contributed by atoms with Crippen molar-refractivity contribution in [2.24, 2.45) is 0 Å². The van der Waals surface area contributed by atoms with Gasteiger partial charge in [-0.3, -0.25) is 10.1 Å². The number of halogens is 2. The Morgan fingerprint density at radius 3 is 2.29 bits per heavy atom. The standard InChI is InChI=1S/C9H9F2NO2/c1-5-6(2)8(12(13)14)4-3-7(5)9(10)11/h3-4,9H,1-2H3. The molecule has 1 aromatic carbocycles. The Balaban J connectivity index is 3.33. The zero-order valence-corrected chi connectivity index (χ0v) is 7.75. The van der Waals surface area contributed by atoms with Gasteiger partial charge in [-0.25, -0.2) is 8.78 Å². The van der Waals surface area contributed by atoms with E-state index in [1.54, 1.807) is 0 Å². The third-order valence-corrected chi connectivity index (χ3v) is 2.23. The number of nitrogens with zero attached hydrogens (tertiary/aromatic N) is 1. The lowest BCUT2D eigenvalue weighted by Crippen LogP contribution is -1.98. The van der Waals surface area contributed by atoms with Crippen LogP contribution < -0.4 is 0 Å². The quantitative estimate of drug-likeness (QED) is 0.544. The molecule has 5 heteroatoms. The first-order valence-electron chi connectivity index (χ1n) is 3.97. The predicted molar refractivity (Wildman–Crippen MR) is 47.5 cm³/mol. The van der Waals surface area contributed by atoms with Crippen molar-refractivity contribution in [3.05, 3.63) is 38.9 Å². The molecule has 0 aliphatic carbocycles. The normalized spacial score (nSPS) is 10.6. The average Bonchev–Trinajstić information content (AvgIpc) is 2.08. The highest BCUT2D eigenvalue weighted by Gasteiger charge is 2.18. The summed E-state index contributed by atoms with van der Waals surface area (Å²) in [6, 6.07) is 2.22. The maximum Gasteiger partial charge on any atom is 0.272 e. The number of nitro benzene ring substituents is 1. The van der Waals surface area contributed by atoms with E-state index in [4.69, 9.17) is 0 Å². The Morgan fingerprint density at radius 2 is 1.86 bits per heavy atom. The van der Waals surface area contributed by atoms with Crippen molar-refractivity contribution in [3.8, 4) is 0 Å². The Morgan fingerprint density at radius 1 is 1.29 bits per heavy atom. The Labute approximate surface area is 79.5 Å². The highest BCUT2D eigenvalue weighted by atomic mass is 19.3. The minimum Gasteiger partial charge on any atom is -0.258 e. The van der Waals surface area contributed by atoms with Gasteiger partial charge in [0.05, 0.1) is 4.92 Å². The van der Waals surface area contributed by atoms with E-state index in [-0.39, 0.29) is 16.8 Å². The molecule has 0 atom stereocenters. The van der Waals surface area contributed by atoms with Gasteiger partial charge in [-0.2, -0.15) is 0 Å². The highest BCUT2D eigenvalue weighted by Crippen LogP contribution is 2.29. The average molecular weight is 201 g/mol. The molecule has 0 spiro atoms. The number of benzene rings is 1. The van der Waals surface area contributed by atoms with E-state index in [0.29, 0.717) is 5.56 Å².